The molecule has 138 valence electrons. The molecule has 0 aliphatic carbocycles. The van der Waals surface area contributed by atoms with E-state index in [1.54, 1.807) is 18.2 Å². The molecule has 0 aliphatic heterocycles. The number of anilines is 1. The molecular weight excluding hydrogens is 334 g/mol. The summed E-state index contributed by atoms with van der Waals surface area (Å²) >= 11 is 0. The predicted molar refractivity (Wildman–Crippen MR) is 98.8 cm³/mol. The molecule has 1 amide bonds. The zero-order chi connectivity index (χ0) is 19.1. The lowest BCUT2D eigenvalue weighted by Crippen LogP contribution is -2.27. The molecule has 6 heteroatoms. The van der Waals surface area contributed by atoms with Gasteiger partial charge in [-0.2, -0.15) is 0 Å². The minimum Gasteiger partial charge on any atom is -0.497 e. The van der Waals surface area contributed by atoms with Crippen molar-refractivity contribution < 1.29 is 24.2 Å². The maximum Gasteiger partial charge on any atom is 0.304 e. The number of ether oxygens (including phenoxy) is 2. The van der Waals surface area contributed by atoms with Crippen LogP contribution in [0.5, 0.6) is 11.5 Å². The van der Waals surface area contributed by atoms with Gasteiger partial charge in [-0.15, -0.1) is 0 Å². The zero-order valence-corrected chi connectivity index (χ0v) is 15.1. The van der Waals surface area contributed by atoms with Crippen LogP contribution in [0.15, 0.2) is 42.5 Å². The van der Waals surface area contributed by atoms with Crippen molar-refractivity contribution in [2.24, 2.45) is 5.92 Å². The summed E-state index contributed by atoms with van der Waals surface area (Å²) < 4.78 is 10.4. The molecule has 0 spiro atoms. The largest absolute Gasteiger partial charge is 0.497 e. The predicted octanol–water partition coefficient (Wildman–Crippen LogP) is 3.28. The van der Waals surface area contributed by atoms with Gasteiger partial charge < -0.3 is 19.9 Å². The first-order chi connectivity index (χ1) is 12.4. The van der Waals surface area contributed by atoms with E-state index in [2.05, 4.69) is 5.32 Å². The standard InChI is InChI=1S/C20H23NO5/c1-13-4-6-14(7-5-13)10-15(11-19(22)23)20(24)21-17-12-16(25-2)8-9-18(17)26-3/h4-9,12,15H,10-11H2,1-3H3,(H,21,24)(H,22,23)/t15-/m0/s1. The molecule has 2 N–H and O–H groups in total. The van der Waals surface area contributed by atoms with Gasteiger partial charge >= 0.3 is 5.97 Å². The molecule has 0 aliphatic rings. The minimum atomic E-state index is -1.02. The summed E-state index contributed by atoms with van der Waals surface area (Å²) in [4.78, 5) is 23.9. The van der Waals surface area contributed by atoms with Crippen molar-refractivity contribution in [1.82, 2.24) is 0 Å². The summed E-state index contributed by atoms with van der Waals surface area (Å²) in [6.07, 6.45) is 0.0801. The highest BCUT2D eigenvalue weighted by Crippen LogP contribution is 2.29. The summed E-state index contributed by atoms with van der Waals surface area (Å²) in [5.41, 5.74) is 2.46. The molecule has 2 aromatic carbocycles. The fourth-order valence-corrected chi connectivity index (χ4v) is 2.62. The number of carboxylic acid groups (broad SMARTS) is 1. The Bertz CT molecular complexity index is 770. The van der Waals surface area contributed by atoms with E-state index in [1.807, 2.05) is 31.2 Å². The average molecular weight is 357 g/mol. The monoisotopic (exact) mass is 357 g/mol. The molecule has 0 unspecified atom stereocenters. The van der Waals surface area contributed by atoms with Crippen LogP contribution in [0.2, 0.25) is 0 Å². The van der Waals surface area contributed by atoms with Gasteiger partial charge in [0.05, 0.1) is 32.2 Å². The lowest BCUT2D eigenvalue weighted by Gasteiger charge is -2.17. The van der Waals surface area contributed by atoms with E-state index < -0.39 is 11.9 Å². The lowest BCUT2D eigenvalue weighted by atomic mass is 9.94. The van der Waals surface area contributed by atoms with Crippen LogP contribution in [0.1, 0.15) is 17.5 Å². The Balaban J connectivity index is 2.21. The summed E-state index contributed by atoms with van der Waals surface area (Å²) in [6.45, 7) is 1.97. The van der Waals surface area contributed by atoms with Crippen molar-refractivity contribution >= 4 is 17.6 Å². The molecule has 0 aromatic heterocycles. The number of hydrogen-bond donors (Lipinski definition) is 2. The lowest BCUT2D eigenvalue weighted by molar-refractivity contribution is -0.140. The number of methoxy groups -OCH3 is 2. The Kier molecular flexibility index (Phi) is 6.60. The highest BCUT2D eigenvalue weighted by molar-refractivity contribution is 5.96. The van der Waals surface area contributed by atoms with Crippen LogP contribution in [0.4, 0.5) is 5.69 Å². The Morgan fingerprint density at radius 3 is 2.35 bits per heavy atom. The molecule has 0 fully saturated rings. The summed E-state index contributed by atoms with van der Waals surface area (Å²) in [5.74, 6) is -1.06. The fraction of sp³-hybridized carbons (Fsp3) is 0.300. The van der Waals surface area contributed by atoms with Gasteiger partial charge in [-0.1, -0.05) is 29.8 Å². The Morgan fingerprint density at radius 1 is 1.08 bits per heavy atom. The SMILES string of the molecule is COc1ccc(OC)c(NC(=O)[C@H](CC(=O)O)Cc2ccc(C)cc2)c1. The number of hydrogen-bond acceptors (Lipinski definition) is 4. The summed E-state index contributed by atoms with van der Waals surface area (Å²) in [7, 11) is 3.02. The highest BCUT2D eigenvalue weighted by Gasteiger charge is 2.23. The Labute approximate surface area is 152 Å². The van der Waals surface area contributed by atoms with Gasteiger partial charge in [0, 0.05) is 6.07 Å². The van der Waals surface area contributed by atoms with Gasteiger partial charge in [0.15, 0.2) is 0 Å². The maximum atomic E-state index is 12.7. The van der Waals surface area contributed by atoms with Crippen LogP contribution < -0.4 is 14.8 Å². The van der Waals surface area contributed by atoms with Gasteiger partial charge in [0.25, 0.3) is 0 Å². The second-order valence-electron chi connectivity index (χ2n) is 6.04. The summed E-state index contributed by atoms with van der Waals surface area (Å²) in [6, 6.07) is 12.7. The quantitative estimate of drug-likeness (QED) is 0.757. The van der Waals surface area contributed by atoms with Crippen LogP contribution in [0, 0.1) is 12.8 Å². The zero-order valence-electron chi connectivity index (χ0n) is 15.1. The highest BCUT2D eigenvalue weighted by atomic mass is 16.5. The van der Waals surface area contributed by atoms with Crippen LogP contribution >= 0.6 is 0 Å². The van der Waals surface area contributed by atoms with Gasteiger partial charge in [-0.05, 0) is 31.0 Å². The molecule has 0 heterocycles. The van der Waals surface area contributed by atoms with E-state index in [0.717, 1.165) is 11.1 Å². The van der Waals surface area contributed by atoms with Crippen molar-refractivity contribution in [2.75, 3.05) is 19.5 Å². The van der Waals surface area contributed by atoms with Crippen LogP contribution in [-0.4, -0.2) is 31.2 Å². The number of amides is 1. The molecule has 2 aromatic rings. The average Bonchev–Trinajstić information content (AvgIpc) is 2.62. The first-order valence-electron chi connectivity index (χ1n) is 8.23. The molecule has 2 rings (SSSR count). The summed E-state index contributed by atoms with van der Waals surface area (Å²) in [5, 5.41) is 11.9. The van der Waals surface area contributed by atoms with Gasteiger partial charge in [-0.25, -0.2) is 0 Å². The Morgan fingerprint density at radius 2 is 1.77 bits per heavy atom. The van der Waals surface area contributed by atoms with Crippen molar-refractivity contribution in [2.45, 2.75) is 19.8 Å². The first kappa shape index (κ1) is 19.3. The topological polar surface area (TPSA) is 84.9 Å². The third kappa shape index (κ3) is 5.24. The minimum absolute atomic E-state index is 0.258. The number of aryl methyl sites for hydroxylation is 1. The van der Waals surface area contributed by atoms with E-state index in [4.69, 9.17) is 9.47 Å². The number of carbonyl (C=O) groups excluding carboxylic acids is 1. The number of benzene rings is 2. The molecule has 0 radical (unpaired) electrons. The van der Waals surface area contributed by atoms with Gasteiger partial charge in [-0.3, -0.25) is 9.59 Å². The number of carbonyl (C=O) groups is 2. The van der Waals surface area contributed by atoms with Gasteiger partial charge in [0.1, 0.15) is 11.5 Å². The Hall–Kier alpha value is -3.02. The third-order valence-electron chi connectivity index (χ3n) is 4.06. The van der Waals surface area contributed by atoms with E-state index in [0.29, 0.717) is 23.6 Å². The van der Waals surface area contributed by atoms with E-state index in [9.17, 15) is 14.7 Å². The first-order valence-corrected chi connectivity index (χ1v) is 8.23. The van der Waals surface area contributed by atoms with Crippen LogP contribution in [-0.2, 0) is 16.0 Å². The molecule has 0 saturated heterocycles. The molecule has 0 bridgehead atoms. The van der Waals surface area contributed by atoms with E-state index in [1.165, 1.54) is 14.2 Å². The van der Waals surface area contributed by atoms with Crippen molar-refractivity contribution in [3.05, 3.63) is 53.6 Å². The van der Waals surface area contributed by atoms with Crippen molar-refractivity contribution in [1.29, 1.82) is 0 Å². The second kappa shape index (κ2) is 8.89. The number of aliphatic carboxylic acids is 1. The number of carboxylic acids is 1. The van der Waals surface area contributed by atoms with Crippen molar-refractivity contribution in [3.63, 3.8) is 0 Å². The third-order valence-corrected chi connectivity index (χ3v) is 4.06. The second-order valence-corrected chi connectivity index (χ2v) is 6.04. The molecule has 26 heavy (non-hydrogen) atoms. The normalized spacial score (nSPS) is 11.5. The van der Waals surface area contributed by atoms with E-state index in [-0.39, 0.29) is 12.3 Å². The fourth-order valence-electron chi connectivity index (χ4n) is 2.62. The van der Waals surface area contributed by atoms with E-state index >= 15 is 0 Å². The molecule has 1 atom stereocenters. The van der Waals surface area contributed by atoms with Crippen molar-refractivity contribution in [3.8, 4) is 11.5 Å². The molecule has 0 saturated carbocycles. The molecular formula is C20H23NO5. The van der Waals surface area contributed by atoms with Gasteiger partial charge in [0.2, 0.25) is 5.91 Å². The van der Waals surface area contributed by atoms with Crippen LogP contribution in [0.25, 0.3) is 0 Å². The smallest absolute Gasteiger partial charge is 0.304 e. The number of rotatable bonds is 8. The number of nitrogens with one attached hydrogen (secondary N) is 1. The van der Waals surface area contributed by atoms with Crippen LogP contribution in [0.3, 0.4) is 0 Å². The maximum absolute atomic E-state index is 12.7. The molecule has 6 nitrogen and oxygen atoms in total.